The maximum Gasteiger partial charge on any atom is 0.410 e. The molecule has 40 heavy (non-hydrogen) atoms. The quantitative estimate of drug-likeness (QED) is 0.352. The number of amides is 3. The molecule has 1 aliphatic rings. The van der Waals surface area contributed by atoms with Gasteiger partial charge in [-0.1, -0.05) is 58.0 Å². The number of aliphatic hydroxyl groups is 1. The Hall–Kier alpha value is -3.14. The van der Waals surface area contributed by atoms with Crippen molar-refractivity contribution >= 4 is 23.9 Å². The zero-order valence-electron chi connectivity index (χ0n) is 24.9. The lowest BCUT2D eigenvalue weighted by Gasteiger charge is -2.38. The van der Waals surface area contributed by atoms with Gasteiger partial charge in [-0.3, -0.25) is 9.59 Å². The van der Waals surface area contributed by atoms with Gasteiger partial charge in [0.15, 0.2) is 6.10 Å². The third kappa shape index (κ3) is 10.4. The SMILES string of the molecule is CC(C)C[C@@H](NC(=O)C(O)C1CCCCN1C(=O)OC(C)(C)C)C(=O)N[C@H](C(=O)OCc1ccccc1)C(C)C. The van der Waals surface area contributed by atoms with Gasteiger partial charge >= 0.3 is 12.1 Å². The van der Waals surface area contributed by atoms with Gasteiger partial charge in [0.05, 0.1) is 6.04 Å². The molecule has 3 N–H and O–H groups in total. The van der Waals surface area contributed by atoms with E-state index in [0.717, 1.165) is 18.4 Å². The summed E-state index contributed by atoms with van der Waals surface area (Å²) in [4.78, 5) is 53.6. The molecule has 1 saturated heterocycles. The minimum Gasteiger partial charge on any atom is -0.459 e. The van der Waals surface area contributed by atoms with Crippen LogP contribution in [0.15, 0.2) is 30.3 Å². The number of hydrogen-bond acceptors (Lipinski definition) is 7. The van der Waals surface area contributed by atoms with Crippen molar-refractivity contribution in [3.05, 3.63) is 35.9 Å². The molecule has 10 nitrogen and oxygen atoms in total. The first kappa shape index (κ1) is 33.1. The van der Waals surface area contributed by atoms with Crippen molar-refractivity contribution in [3.63, 3.8) is 0 Å². The van der Waals surface area contributed by atoms with Crippen LogP contribution in [0.3, 0.4) is 0 Å². The molecule has 2 unspecified atom stereocenters. The maximum atomic E-state index is 13.3. The largest absolute Gasteiger partial charge is 0.459 e. The predicted molar refractivity (Wildman–Crippen MR) is 151 cm³/mol. The number of hydrogen-bond donors (Lipinski definition) is 3. The number of esters is 1. The number of piperidine rings is 1. The van der Waals surface area contributed by atoms with Crippen molar-refractivity contribution in [2.24, 2.45) is 11.8 Å². The van der Waals surface area contributed by atoms with Crippen LogP contribution in [0.4, 0.5) is 4.79 Å². The van der Waals surface area contributed by atoms with Gasteiger partial charge in [0.25, 0.3) is 5.91 Å². The van der Waals surface area contributed by atoms with Crippen molar-refractivity contribution in [3.8, 4) is 0 Å². The highest BCUT2D eigenvalue weighted by Gasteiger charge is 2.39. The molecule has 0 aliphatic carbocycles. The average molecular weight is 562 g/mol. The number of nitrogens with zero attached hydrogens (tertiary/aromatic N) is 1. The highest BCUT2D eigenvalue weighted by molar-refractivity contribution is 5.92. The Morgan fingerprint density at radius 2 is 1.65 bits per heavy atom. The molecule has 2 rings (SSSR count). The second-order valence-electron chi connectivity index (χ2n) is 12.2. The highest BCUT2D eigenvalue weighted by atomic mass is 16.6. The smallest absolute Gasteiger partial charge is 0.410 e. The molecule has 1 aliphatic heterocycles. The Labute approximate surface area is 238 Å². The molecule has 4 atom stereocenters. The Balaban J connectivity index is 2.10. The van der Waals surface area contributed by atoms with Gasteiger partial charge in [-0.2, -0.15) is 0 Å². The van der Waals surface area contributed by atoms with Crippen molar-refractivity contribution in [1.29, 1.82) is 0 Å². The Kier molecular flexibility index (Phi) is 12.4. The number of carbonyl (C=O) groups is 4. The fourth-order valence-corrected chi connectivity index (χ4v) is 4.54. The molecule has 0 saturated carbocycles. The fraction of sp³-hybridized carbons (Fsp3) is 0.667. The number of nitrogens with one attached hydrogen (secondary N) is 2. The summed E-state index contributed by atoms with van der Waals surface area (Å²) in [5, 5.41) is 16.4. The van der Waals surface area contributed by atoms with Gasteiger partial charge < -0.3 is 30.1 Å². The number of likely N-dealkylation sites (tertiary alicyclic amines) is 1. The monoisotopic (exact) mass is 561 g/mol. The minimum atomic E-state index is -1.55. The van der Waals surface area contributed by atoms with Crippen molar-refractivity contribution in [2.45, 2.75) is 111 Å². The molecule has 1 aromatic carbocycles. The number of benzene rings is 1. The fourth-order valence-electron chi connectivity index (χ4n) is 4.54. The lowest BCUT2D eigenvalue weighted by molar-refractivity contribution is -0.150. The van der Waals surface area contributed by atoms with Gasteiger partial charge in [0, 0.05) is 6.54 Å². The summed E-state index contributed by atoms with van der Waals surface area (Å²) in [5.74, 6) is -2.11. The number of carbonyl (C=O) groups excluding carboxylic acids is 4. The van der Waals surface area contributed by atoms with Crippen LogP contribution in [0.25, 0.3) is 0 Å². The summed E-state index contributed by atoms with van der Waals surface area (Å²) in [6.45, 7) is 13.1. The molecule has 0 radical (unpaired) electrons. The molecule has 1 fully saturated rings. The molecule has 10 heteroatoms. The predicted octanol–water partition coefficient (Wildman–Crippen LogP) is 3.55. The van der Waals surface area contributed by atoms with E-state index in [0.29, 0.717) is 13.0 Å². The van der Waals surface area contributed by atoms with E-state index in [9.17, 15) is 24.3 Å². The van der Waals surface area contributed by atoms with Gasteiger partial charge in [0.1, 0.15) is 24.3 Å². The number of ether oxygens (including phenoxy) is 2. The van der Waals surface area contributed by atoms with Crippen LogP contribution in [0.5, 0.6) is 0 Å². The zero-order valence-corrected chi connectivity index (χ0v) is 24.9. The average Bonchev–Trinajstić information content (AvgIpc) is 2.88. The number of aliphatic hydroxyl groups excluding tert-OH is 1. The van der Waals surface area contributed by atoms with E-state index in [2.05, 4.69) is 10.6 Å². The summed E-state index contributed by atoms with van der Waals surface area (Å²) < 4.78 is 10.9. The van der Waals surface area contributed by atoms with E-state index in [1.807, 2.05) is 44.2 Å². The molecular formula is C30H47N3O7. The van der Waals surface area contributed by atoms with E-state index < -0.39 is 53.7 Å². The molecular weight excluding hydrogens is 514 g/mol. The normalized spacial score (nSPS) is 18.1. The second-order valence-corrected chi connectivity index (χ2v) is 12.2. The standard InChI is InChI=1S/C30H47N3O7/c1-19(2)17-22(26(35)32-24(20(3)4)28(37)39-18-21-13-9-8-10-14-21)31-27(36)25(34)23-15-11-12-16-33(23)29(38)40-30(5,6)7/h8-10,13-14,19-20,22-25,34H,11-12,15-18H2,1-7H3,(H,31,36)(H,32,35)/t22-,23?,24+,25?/m1/s1. The minimum absolute atomic E-state index is 0.0312. The molecule has 0 bridgehead atoms. The Morgan fingerprint density at radius 3 is 2.23 bits per heavy atom. The first-order valence-electron chi connectivity index (χ1n) is 14.2. The van der Waals surface area contributed by atoms with Crippen LogP contribution >= 0.6 is 0 Å². The van der Waals surface area contributed by atoms with Crippen LogP contribution in [-0.4, -0.2) is 70.3 Å². The number of rotatable bonds is 11. The third-order valence-electron chi connectivity index (χ3n) is 6.59. The molecule has 1 heterocycles. The molecule has 1 aromatic rings. The summed E-state index contributed by atoms with van der Waals surface area (Å²) in [7, 11) is 0. The molecule has 0 spiro atoms. The van der Waals surface area contributed by atoms with E-state index in [1.54, 1.807) is 34.6 Å². The van der Waals surface area contributed by atoms with Crippen LogP contribution in [0.1, 0.15) is 79.7 Å². The lowest BCUT2D eigenvalue weighted by atomic mass is 9.96. The summed E-state index contributed by atoms with van der Waals surface area (Å²) in [6, 6.07) is 6.54. The van der Waals surface area contributed by atoms with Gasteiger partial charge in [-0.05, 0) is 63.9 Å². The van der Waals surface area contributed by atoms with E-state index in [1.165, 1.54) is 4.90 Å². The maximum absolute atomic E-state index is 13.3. The highest BCUT2D eigenvalue weighted by Crippen LogP contribution is 2.23. The van der Waals surface area contributed by atoms with E-state index >= 15 is 0 Å². The molecule has 224 valence electrons. The summed E-state index contributed by atoms with van der Waals surface area (Å²) in [5.41, 5.74) is 0.105. The Morgan fingerprint density at radius 1 is 1.00 bits per heavy atom. The van der Waals surface area contributed by atoms with Crippen LogP contribution in [0.2, 0.25) is 0 Å². The van der Waals surface area contributed by atoms with E-state index in [4.69, 9.17) is 9.47 Å². The van der Waals surface area contributed by atoms with E-state index in [-0.39, 0.29) is 24.9 Å². The summed E-state index contributed by atoms with van der Waals surface area (Å²) in [6.07, 6.45) is 0.0538. The van der Waals surface area contributed by atoms with Gasteiger partial charge in [-0.15, -0.1) is 0 Å². The van der Waals surface area contributed by atoms with Gasteiger partial charge in [0.2, 0.25) is 5.91 Å². The molecule has 0 aromatic heterocycles. The third-order valence-corrected chi connectivity index (χ3v) is 6.59. The van der Waals surface area contributed by atoms with Crippen molar-refractivity contribution in [1.82, 2.24) is 15.5 Å². The first-order chi connectivity index (χ1) is 18.7. The molecule has 3 amide bonds. The van der Waals surface area contributed by atoms with Gasteiger partial charge in [-0.25, -0.2) is 9.59 Å². The van der Waals surface area contributed by atoms with Crippen LogP contribution < -0.4 is 10.6 Å². The summed E-state index contributed by atoms with van der Waals surface area (Å²) >= 11 is 0. The second kappa shape index (κ2) is 15.0. The van der Waals surface area contributed by atoms with Crippen molar-refractivity contribution in [2.75, 3.05) is 6.54 Å². The van der Waals surface area contributed by atoms with Crippen molar-refractivity contribution < 1.29 is 33.8 Å². The van der Waals surface area contributed by atoms with Crippen LogP contribution in [-0.2, 0) is 30.5 Å². The van der Waals surface area contributed by atoms with Crippen LogP contribution in [0, 0.1) is 11.8 Å². The lowest BCUT2D eigenvalue weighted by Crippen LogP contribution is -2.59. The first-order valence-corrected chi connectivity index (χ1v) is 14.2. The topological polar surface area (TPSA) is 134 Å². The zero-order chi connectivity index (χ0) is 30.0. The Bertz CT molecular complexity index is 991.